The number of aryl methyl sites for hydroxylation is 1. The van der Waals surface area contributed by atoms with Crippen LogP contribution < -0.4 is 5.32 Å². The molecule has 1 amide bonds. The third-order valence-electron chi connectivity index (χ3n) is 4.34. The van der Waals surface area contributed by atoms with Crippen LogP contribution in [-0.2, 0) is 22.4 Å². The Kier molecular flexibility index (Phi) is 3.75. The average molecular weight is 309 g/mol. The van der Waals surface area contributed by atoms with E-state index < -0.39 is 11.5 Å². The smallest absolute Gasteiger partial charge is 0.331 e. The molecule has 1 aliphatic carbocycles. The minimum Gasteiger partial charge on any atom is -0.479 e. The Morgan fingerprint density at radius 1 is 1.52 bits per heavy atom. The molecule has 0 bridgehead atoms. The summed E-state index contributed by atoms with van der Waals surface area (Å²) < 4.78 is 5.16. The van der Waals surface area contributed by atoms with Crippen molar-refractivity contribution in [1.82, 2.24) is 5.32 Å². The van der Waals surface area contributed by atoms with Crippen LogP contribution in [0.15, 0.2) is 6.07 Å². The van der Waals surface area contributed by atoms with E-state index in [2.05, 4.69) is 12.2 Å². The van der Waals surface area contributed by atoms with E-state index in [1.807, 2.05) is 6.07 Å². The van der Waals surface area contributed by atoms with Gasteiger partial charge in [-0.3, -0.25) is 4.79 Å². The summed E-state index contributed by atoms with van der Waals surface area (Å²) in [6, 6.07) is 1.93. The molecule has 0 spiro atoms. The van der Waals surface area contributed by atoms with Crippen LogP contribution in [0.1, 0.15) is 39.9 Å². The topological polar surface area (TPSA) is 75.6 Å². The van der Waals surface area contributed by atoms with Crippen molar-refractivity contribution in [3.8, 4) is 0 Å². The molecule has 2 N–H and O–H groups in total. The van der Waals surface area contributed by atoms with Crippen LogP contribution in [0, 0.1) is 5.92 Å². The van der Waals surface area contributed by atoms with Gasteiger partial charge in [-0.1, -0.05) is 6.92 Å². The van der Waals surface area contributed by atoms with Gasteiger partial charge in [0.05, 0.1) is 11.5 Å². The molecule has 5 nitrogen and oxygen atoms in total. The van der Waals surface area contributed by atoms with Gasteiger partial charge < -0.3 is 15.2 Å². The Balaban J connectivity index is 1.78. The third kappa shape index (κ3) is 2.70. The number of nitrogens with one attached hydrogen (secondary N) is 1. The first-order valence-electron chi connectivity index (χ1n) is 7.25. The molecule has 1 aliphatic heterocycles. The van der Waals surface area contributed by atoms with Gasteiger partial charge in [-0.15, -0.1) is 11.3 Å². The fraction of sp³-hybridized carbons (Fsp3) is 0.600. The number of rotatable bonds is 3. The number of thiophene rings is 1. The second-order valence-corrected chi connectivity index (χ2v) is 7.19. The molecule has 0 radical (unpaired) electrons. The number of amides is 1. The van der Waals surface area contributed by atoms with Gasteiger partial charge in [0, 0.05) is 17.9 Å². The SMILES string of the molecule is CC1CCc2sc(C(=O)NC3(C(=O)O)CCOC3)cc2C1. The Bertz CT molecular complexity index is 574. The zero-order valence-corrected chi connectivity index (χ0v) is 12.8. The quantitative estimate of drug-likeness (QED) is 0.893. The molecular formula is C15H19NO4S. The Morgan fingerprint density at radius 2 is 2.33 bits per heavy atom. The van der Waals surface area contributed by atoms with Crippen LogP contribution in [0.2, 0.25) is 0 Å². The highest BCUT2D eigenvalue weighted by atomic mass is 32.1. The standard InChI is InChI=1S/C15H19NO4S/c1-9-2-3-11-10(6-9)7-12(21-11)13(17)16-15(14(18)19)4-5-20-8-15/h7,9H,2-6,8H2,1H3,(H,16,17)(H,18,19). The summed E-state index contributed by atoms with van der Waals surface area (Å²) in [6.45, 7) is 2.62. The first kappa shape index (κ1) is 14.5. The van der Waals surface area contributed by atoms with E-state index in [0.29, 0.717) is 23.8 Å². The van der Waals surface area contributed by atoms with Crippen molar-refractivity contribution in [2.75, 3.05) is 13.2 Å². The maximum Gasteiger partial charge on any atom is 0.331 e. The van der Waals surface area contributed by atoms with E-state index in [1.165, 1.54) is 21.8 Å². The molecule has 1 aromatic rings. The Hall–Kier alpha value is -1.40. The molecule has 2 aliphatic rings. The minimum atomic E-state index is -1.27. The molecule has 21 heavy (non-hydrogen) atoms. The number of hydrogen-bond donors (Lipinski definition) is 2. The highest BCUT2D eigenvalue weighted by Crippen LogP contribution is 2.32. The summed E-state index contributed by atoms with van der Waals surface area (Å²) in [6.07, 6.45) is 3.49. The molecule has 2 unspecified atom stereocenters. The molecule has 0 saturated carbocycles. The molecule has 1 saturated heterocycles. The number of carboxylic acids is 1. The van der Waals surface area contributed by atoms with Gasteiger partial charge in [0.25, 0.3) is 5.91 Å². The summed E-state index contributed by atoms with van der Waals surface area (Å²) in [7, 11) is 0. The predicted octanol–water partition coefficient (Wildman–Crippen LogP) is 1.85. The van der Waals surface area contributed by atoms with Crippen molar-refractivity contribution in [3.05, 3.63) is 21.4 Å². The predicted molar refractivity (Wildman–Crippen MR) is 78.8 cm³/mol. The zero-order valence-electron chi connectivity index (χ0n) is 12.0. The van der Waals surface area contributed by atoms with Crippen molar-refractivity contribution >= 4 is 23.2 Å². The number of hydrogen-bond acceptors (Lipinski definition) is 4. The second kappa shape index (κ2) is 5.42. The average Bonchev–Trinajstić information content (AvgIpc) is 3.05. The number of fused-ring (bicyclic) bond motifs is 1. The largest absolute Gasteiger partial charge is 0.479 e. The maximum atomic E-state index is 12.4. The monoisotopic (exact) mass is 309 g/mol. The second-order valence-electron chi connectivity index (χ2n) is 6.05. The van der Waals surface area contributed by atoms with Crippen molar-refractivity contribution < 1.29 is 19.4 Å². The summed E-state index contributed by atoms with van der Waals surface area (Å²) in [4.78, 5) is 25.7. The fourth-order valence-electron chi connectivity index (χ4n) is 2.98. The number of carboxylic acid groups (broad SMARTS) is 1. The van der Waals surface area contributed by atoms with E-state index in [9.17, 15) is 14.7 Å². The zero-order chi connectivity index (χ0) is 15.0. The molecule has 114 valence electrons. The Labute approximate surface area is 127 Å². The molecule has 1 aromatic heterocycles. The minimum absolute atomic E-state index is 0.0379. The summed E-state index contributed by atoms with van der Waals surface area (Å²) in [5.41, 5.74) is -0.0227. The lowest BCUT2D eigenvalue weighted by Gasteiger charge is -2.23. The van der Waals surface area contributed by atoms with Crippen LogP contribution in [0.25, 0.3) is 0 Å². The number of ether oxygens (including phenoxy) is 1. The van der Waals surface area contributed by atoms with Crippen LogP contribution >= 0.6 is 11.3 Å². The van der Waals surface area contributed by atoms with E-state index in [-0.39, 0.29) is 12.5 Å². The van der Waals surface area contributed by atoms with Crippen LogP contribution in [0.5, 0.6) is 0 Å². The van der Waals surface area contributed by atoms with E-state index in [1.54, 1.807) is 0 Å². The normalized spacial score (nSPS) is 28.1. The maximum absolute atomic E-state index is 12.4. The van der Waals surface area contributed by atoms with E-state index in [0.717, 1.165) is 19.3 Å². The molecule has 2 heterocycles. The third-order valence-corrected chi connectivity index (χ3v) is 5.57. The van der Waals surface area contributed by atoms with Crippen LogP contribution in [0.3, 0.4) is 0 Å². The lowest BCUT2D eigenvalue weighted by atomic mass is 9.90. The van der Waals surface area contributed by atoms with Gasteiger partial charge in [-0.25, -0.2) is 4.79 Å². The van der Waals surface area contributed by atoms with E-state index >= 15 is 0 Å². The van der Waals surface area contributed by atoms with Crippen molar-refractivity contribution in [1.29, 1.82) is 0 Å². The molecule has 0 aromatic carbocycles. The van der Waals surface area contributed by atoms with Gasteiger partial charge in [0.2, 0.25) is 0 Å². The summed E-state index contributed by atoms with van der Waals surface area (Å²) in [5.74, 6) is -0.671. The highest BCUT2D eigenvalue weighted by Gasteiger charge is 2.44. The first-order chi connectivity index (χ1) is 10.00. The number of carbonyl (C=O) groups excluding carboxylic acids is 1. The van der Waals surface area contributed by atoms with Crippen molar-refractivity contribution in [2.45, 2.75) is 38.1 Å². The van der Waals surface area contributed by atoms with E-state index in [4.69, 9.17) is 4.74 Å². The summed E-state index contributed by atoms with van der Waals surface area (Å²) in [5, 5.41) is 12.0. The van der Waals surface area contributed by atoms with Gasteiger partial charge in [0.15, 0.2) is 5.54 Å². The Morgan fingerprint density at radius 3 is 3.00 bits per heavy atom. The number of carbonyl (C=O) groups is 2. The molecule has 1 fully saturated rings. The fourth-order valence-corrected chi connectivity index (χ4v) is 4.09. The first-order valence-corrected chi connectivity index (χ1v) is 8.07. The van der Waals surface area contributed by atoms with Crippen LogP contribution in [0.4, 0.5) is 0 Å². The molecule has 6 heteroatoms. The lowest BCUT2D eigenvalue weighted by molar-refractivity contribution is -0.144. The lowest BCUT2D eigenvalue weighted by Crippen LogP contribution is -2.55. The van der Waals surface area contributed by atoms with Crippen molar-refractivity contribution in [3.63, 3.8) is 0 Å². The van der Waals surface area contributed by atoms with Gasteiger partial charge in [0.1, 0.15) is 0 Å². The summed E-state index contributed by atoms with van der Waals surface area (Å²) >= 11 is 1.49. The molecule has 3 rings (SSSR count). The molecule has 2 atom stereocenters. The number of aliphatic carboxylic acids is 1. The molecular weight excluding hydrogens is 290 g/mol. The highest BCUT2D eigenvalue weighted by molar-refractivity contribution is 7.14. The van der Waals surface area contributed by atoms with Crippen LogP contribution in [-0.4, -0.2) is 35.7 Å². The van der Waals surface area contributed by atoms with Crippen molar-refractivity contribution in [2.24, 2.45) is 5.92 Å². The van der Waals surface area contributed by atoms with Gasteiger partial charge in [-0.05, 0) is 36.8 Å². The van der Waals surface area contributed by atoms with Gasteiger partial charge >= 0.3 is 5.97 Å². The van der Waals surface area contributed by atoms with Gasteiger partial charge in [-0.2, -0.15) is 0 Å².